The van der Waals surface area contributed by atoms with Crippen molar-refractivity contribution in [3.05, 3.63) is 35.4 Å². The van der Waals surface area contributed by atoms with Gasteiger partial charge in [-0.1, -0.05) is 19.1 Å². The fourth-order valence-electron chi connectivity index (χ4n) is 2.49. The summed E-state index contributed by atoms with van der Waals surface area (Å²) in [6.45, 7) is 6.05. The van der Waals surface area contributed by atoms with Crippen molar-refractivity contribution in [1.82, 2.24) is 4.90 Å². The zero-order valence-electron chi connectivity index (χ0n) is 12.0. The molecule has 0 saturated carbocycles. The summed E-state index contributed by atoms with van der Waals surface area (Å²) in [6, 6.07) is 9.20. The van der Waals surface area contributed by atoms with E-state index in [0.717, 1.165) is 13.0 Å². The third kappa shape index (κ3) is 3.44. The Morgan fingerprint density at radius 2 is 2.15 bits per heavy atom. The predicted octanol–water partition coefficient (Wildman–Crippen LogP) is 2.24. The number of nitrogens with zero attached hydrogens (tertiary/aromatic N) is 2. The zero-order chi connectivity index (χ0) is 14.5. The first-order valence-electron chi connectivity index (χ1n) is 7.03. The molecule has 1 fully saturated rings. The molecule has 1 saturated heterocycles. The lowest BCUT2D eigenvalue weighted by atomic mass is 10.1. The van der Waals surface area contributed by atoms with Crippen molar-refractivity contribution < 1.29 is 9.53 Å². The number of carbonyl (C=O) groups excluding carboxylic acids is 1. The van der Waals surface area contributed by atoms with E-state index in [1.54, 1.807) is 24.3 Å². The molecule has 2 unspecified atom stereocenters. The van der Waals surface area contributed by atoms with Crippen molar-refractivity contribution in [3.63, 3.8) is 0 Å². The monoisotopic (exact) mass is 272 g/mol. The molecule has 0 amide bonds. The number of carbonyl (C=O) groups is 1. The summed E-state index contributed by atoms with van der Waals surface area (Å²) in [5.74, 6) is 0.0991. The fourth-order valence-corrected chi connectivity index (χ4v) is 2.49. The van der Waals surface area contributed by atoms with Gasteiger partial charge in [-0.3, -0.25) is 9.69 Å². The predicted molar refractivity (Wildman–Crippen MR) is 76.6 cm³/mol. The van der Waals surface area contributed by atoms with Crippen molar-refractivity contribution in [2.45, 2.75) is 32.4 Å². The molecule has 1 aliphatic rings. The van der Waals surface area contributed by atoms with Gasteiger partial charge in [0.15, 0.2) is 5.78 Å². The van der Waals surface area contributed by atoms with E-state index in [1.807, 2.05) is 6.92 Å². The lowest BCUT2D eigenvalue weighted by Gasteiger charge is -2.37. The maximum atomic E-state index is 12.3. The minimum atomic E-state index is 0.0991. The van der Waals surface area contributed by atoms with Gasteiger partial charge in [0.2, 0.25) is 0 Å². The van der Waals surface area contributed by atoms with Crippen molar-refractivity contribution >= 4 is 5.78 Å². The SMILES string of the molecule is CCC1COC(C)CN1CC(=O)c1ccc(C#N)cc1. The maximum absolute atomic E-state index is 12.3. The van der Waals surface area contributed by atoms with Crippen LogP contribution >= 0.6 is 0 Å². The summed E-state index contributed by atoms with van der Waals surface area (Å²) in [5.41, 5.74) is 1.24. The van der Waals surface area contributed by atoms with Crippen molar-refractivity contribution in [2.75, 3.05) is 19.7 Å². The minimum Gasteiger partial charge on any atom is -0.376 e. The summed E-state index contributed by atoms with van der Waals surface area (Å²) in [4.78, 5) is 14.5. The summed E-state index contributed by atoms with van der Waals surface area (Å²) in [6.07, 6.45) is 1.15. The van der Waals surface area contributed by atoms with Crippen LogP contribution in [-0.2, 0) is 4.74 Å². The van der Waals surface area contributed by atoms with Gasteiger partial charge in [-0.25, -0.2) is 0 Å². The molecule has 4 nitrogen and oxygen atoms in total. The van der Waals surface area contributed by atoms with Crippen LogP contribution in [0, 0.1) is 11.3 Å². The van der Waals surface area contributed by atoms with Crippen LogP contribution in [0.2, 0.25) is 0 Å². The van der Waals surface area contributed by atoms with Crippen LogP contribution in [0.4, 0.5) is 0 Å². The van der Waals surface area contributed by atoms with Gasteiger partial charge in [-0.2, -0.15) is 5.26 Å². The number of morpholine rings is 1. The van der Waals surface area contributed by atoms with Gasteiger partial charge in [-0.05, 0) is 25.5 Å². The van der Waals surface area contributed by atoms with E-state index in [4.69, 9.17) is 10.00 Å². The second kappa shape index (κ2) is 6.65. The van der Waals surface area contributed by atoms with Crippen molar-refractivity contribution in [2.24, 2.45) is 0 Å². The summed E-state index contributed by atoms with van der Waals surface area (Å²) in [7, 11) is 0. The lowest BCUT2D eigenvalue weighted by Crippen LogP contribution is -2.50. The highest BCUT2D eigenvalue weighted by molar-refractivity contribution is 5.97. The first-order valence-corrected chi connectivity index (χ1v) is 7.03. The number of Topliss-reactive ketones (excluding diaryl/α,β-unsaturated/α-hetero) is 1. The van der Waals surface area contributed by atoms with E-state index in [9.17, 15) is 4.79 Å². The summed E-state index contributed by atoms with van der Waals surface area (Å²) >= 11 is 0. The molecule has 0 aliphatic carbocycles. The Kier molecular flexibility index (Phi) is 4.89. The lowest BCUT2D eigenvalue weighted by molar-refractivity contribution is -0.0523. The molecule has 4 heteroatoms. The molecule has 1 heterocycles. The highest BCUT2D eigenvalue weighted by Crippen LogP contribution is 2.15. The van der Waals surface area contributed by atoms with E-state index in [2.05, 4.69) is 17.9 Å². The zero-order valence-corrected chi connectivity index (χ0v) is 12.0. The largest absolute Gasteiger partial charge is 0.376 e. The van der Waals surface area contributed by atoms with Gasteiger partial charge in [0.1, 0.15) is 0 Å². The molecule has 1 aromatic carbocycles. The summed E-state index contributed by atoms with van der Waals surface area (Å²) in [5, 5.41) is 8.77. The second-order valence-electron chi connectivity index (χ2n) is 5.25. The Labute approximate surface area is 120 Å². The molecule has 1 aliphatic heterocycles. The van der Waals surface area contributed by atoms with E-state index in [-0.39, 0.29) is 11.9 Å². The Morgan fingerprint density at radius 1 is 1.45 bits per heavy atom. The fraction of sp³-hybridized carbons (Fsp3) is 0.500. The van der Waals surface area contributed by atoms with Crippen LogP contribution in [0.5, 0.6) is 0 Å². The van der Waals surface area contributed by atoms with E-state index in [1.165, 1.54) is 0 Å². The molecular formula is C16H20N2O2. The average Bonchev–Trinajstić information content (AvgIpc) is 2.47. The molecule has 0 aromatic heterocycles. The topological polar surface area (TPSA) is 53.3 Å². The number of rotatable bonds is 4. The van der Waals surface area contributed by atoms with E-state index < -0.39 is 0 Å². The van der Waals surface area contributed by atoms with Gasteiger partial charge >= 0.3 is 0 Å². The third-order valence-corrected chi connectivity index (χ3v) is 3.74. The van der Waals surface area contributed by atoms with Gasteiger partial charge in [0.25, 0.3) is 0 Å². The standard InChI is InChI=1S/C16H20N2O2/c1-3-15-11-20-12(2)9-18(15)10-16(19)14-6-4-13(8-17)5-7-14/h4-7,12,15H,3,9-11H2,1-2H3. The van der Waals surface area contributed by atoms with Crippen LogP contribution in [-0.4, -0.2) is 42.5 Å². The molecule has 2 rings (SSSR count). The molecule has 0 N–H and O–H groups in total. The number of benzene rings is 1. The van der Waals surface area contributed by atoms with Gasteiger partial charge in [-0.15, -0.1) is 0 Å². The van der Waals surface area contributed by atoms with Crippen LogP contribution in [0.15, 0.2) is 24.3 Å². The first kappa shape index (κ1) is 14.7. The highest BCUT2D eigenvalue weighted by atomic mass is 16.5. The highest BCUT2D eigenvalue weighted by Gasteiger charge is 2.27. The molecule has 0 radical (unpaired) electrons. The third-order valence-electron chi connectivity index (χ3n) is 3.74. The molecule has 0 spiro atoms. The maximum Gasteiger partial charge on any atom is 0.176 e. The molecule has 1 aromatic rings. The van der Waals surface area contributed by atoms with Gasteiger partial charge < -0.3 is 4.74 Å². The molecular weight excluding hydrogens is 252 g/mol. The van der Waals surface area contributed by atoms with Crippen molar-refractivity contribution in [3.8, 4) is 6.07 Å². The Morgan fingerprint density at radius 3 is 2.75 bits per heavy atom. The van der Waals surface area contributed by atoms with E-state index in [0.29, 0.717) is 30.3 Å². The Hall–Kier alpha value is -1.70. The molecule has 2 atom stereocenters. The number of hydrogen-bond donors (Lipinski definition) is 0. The molecule has 0 bridgehead atoms. The van der Waals surface area contributed by atoms with Crippen LogP contribution in [0.25, 0.3) is 0 Å². The smallest absolute Gasteiger partial charge is 0.176 e. The van der Waals surface area contributed by atoms with Gasteiger partial charge in [0, 0.05) is 18.2 Å². The van der Waals surface area contributed by atoms with Crippen LogP contribution < -0.4 is 0 Å². The quantitative estimate of drug-likeness (QED) is 0.789. The summed E-state index contributed by atoms with van der Waals surface area (Å²) < 4.78 is 5.64. The minimum absolute atomic E-state index is 0.0991. The Balaban J connectivity index is 2.03. The normalized spacial score (nSPS) is 23.2. The van der Waals surface area contributed by atoms with Gasteiger partial charge in [0.05, 0.1) is 30.9 Å². The number of ether oxygens (including phenoxy) is 1. The first-order chi connectivity index (χ1) is 9.63. The van der Waals surface area contributed by atoms with Crippen LogP contribution in [0.1, 0.15) is 36.2 Å². The molecule has 20 heavy (non-hydrogen) atoms. The number of hydrogen-bond acceptors (Lipinski definition) is 4. The number of nitriles is 1. The molecule has 106 valence electrons. The van der Waals surface area contributed by atoms with Crippen molar-refractivity contribution in [1.29, 1.82) is 5.26 Å². The second-order valence-corrected chi connectivity index (χ2v) is 5.25. The number of ketones is 1. The van der Waals surface area contributed by atoms with Crippen LogP contribution in [0.3, 0.4) is 0 Å². The average molecular weight is 272 g/mol. The Bertz CT molecular complexity index is 504. The van der Waals surface area contributed by atoms with E-state index >= 15 is 0 Å².